The monoisotopic (exact) mass is 554 g/mol. The van der Waals surface area contributed by atoms with E-state index in [2.05, 4.69) is 58.4 Å². The Kier molecular flexibility index (Phi) is 7.55. The first-order valence-electron chi connectivity index (χ1n) is 13.2. The first-order valence-corrected chi connectivity index (χ1v) is 14.0. The zero-order valence-electron chi connectivity index (χ0n) is 23.0. The van der Waals surface area contributed by atoms with Crippen LogP contribution in [-0.2, 0) is 10.6 Å². The van der Waals surface area contributed by atoms with E-state index in [1.165, 1.54) is 32.3 Å². The first-order chi connectivity index (χ1) is 19.7. The molecule has 5 rings (SSSR count). The van der Waals surface area contributed by atoms with Crippen LogP contribution in [0.15, 0.2) is 106 Å². The Morgan fingerprint density at radius 2 is 1.80 bits per heavy atom. The van der Waals surface area contributed by atoms with E-state index in [4.69, 9.17) is 4.74 Å². The van der Waals surface area contributed by atoms with Crippen molar-refractivity contribution in [3.8, 4) is 18.2 Å². The van der Waals surface area contributed by atoms with Gasteiger partial charge in [0.2, 0.25) is 0 Å². The van der Waals surface area contributed by atoms with Gasteiger partial charge in [0.25, 0.3) is 0 Å². The van der Waals surface area contributed by atoms with Gasteiger partial charge in [0, 0.05) is 15.3 Å². The van der Waals surface area contributed by atoms with Crippen LogP contribution in [-0.4, -0.2) is 7.28 Å². The molecule has 2 aromatic rings. The average Bonchev–Trinajstić information content (AvgIpc) is 3.57. The highest BCUT2D eigenvalue weighted by atomic mass is 32.1. The van der Waals surface area contributed by atoms with Crippen molar-refractivity contribution < 1.29 is 9.13 Å². The third-order valence-electron chi connectivity index (χ3n) is 7.12. The molecular formula is C34H26BFN3OS. The summed E-state index contributed by atoms with van der Waals surface area (Å²) in [6.45, 7) is 6.55. The van der Waals surface area contributed by atoms with E-state index in [0.717, 1.165) is 18.4 Å². The molecule has 2 aliphatic heterocycles. The van der Waals surface area contributed by atoms with Gasteiger partial charge in [0.15, 0.2) is 18.6 Å². The lowest BCUT2D eigenvalue weighted by molar-refractivity contribution is -0.0653. The Morgan fingerprint density at radius 1 is 1.05 bits per heavy atom. The van der Waals surface area contributed by atoms with Gasteiger partial charge in [0.05, 0.1) is 5.57 Å². The van der Waals surface area contributed by atoms with Gasteiger partial charge in [-0.1, -0.05) is 93.0 Å². The third kappa shape index (κ3) is 5.66. The second-order valence-electron chi connectivity index (χ2n) is 11.1. The second-order valence-corrected chi connectivity index (χ2v) is 12.2. The number of ether oxygens (including phenoxy) is 1. The summed E-state index contributed by atoms with van der Waals surface area (Å²) in [6.07, 6.45) is 15.6. The summed E-state index contributed by atoms with van der Waals surface area (Å²) in [4.78, 5) is 2.50. The highest BCUT2D eigenvalue weighted by Gasteiger charge is 2.48. The van der Waals surface area contributed by atoms with E-state index in [1.807, 2.05) is 12.1 Å². The van der Waals surface area contributed by atoms with Gasteiger partial charge >= 0.3 is 5.85 Å². The number of rotatable bonds is 5. The number of hydrogen-bond donors (Lipinski definition) is 0. The summed E-state index contributed by atoms with van der Waals surface area (Å²) in [5, 5.41) is 28.7. The maximum Gasteiger partial charge on any atom is 0.302 e. The summed E-state index contributed by atoms with van der Waals surface area (Å²) in [5.41, 5.74) is 4.36. The molecule has 199 valence electrons. The lowest BCUT2D eigenvalue weighted by Gasteiger charge is -2.30. The molecule has 1 radical (unpaired) electrons. The minimum absolute atomic E-state index is 0.0325. The highest BCUT2D eigenvalue weighted by molar-refractivity contribution is 7.15. The van der Waals surface area contributed by atoms with Crippen LogP contribution in [0, 0.1) is 39.4 Å². The number of halogens is 1. The predicted octanol–water partition coefficient (Wildman–Crippen LogP) is 7.67. The maximum atomic E-state index is 16.5. The number of hydrogen-bond acceptors (Lipinski definition) is 5. The van der Waals surface area contributed by atoms with E-state index in [-0.39, 0.29) is 27.9 Å². The number of nitrogens with zero attached hydrogens (tertiary/aromatic N) is 3. The fourth-order valence-electron chi connectivity index (χ4n) is 5.42. The molecule has 0 spiro atoms. The molecule has 0 saturated heterocycles. The third-order valence-corrected chi connectivity index (χ3v) is 8.18. The van der Waals surface area contributed by atoms with Crippen molar-refractivity contribution >= 4 is 36.2 Å². The minimum Gasteiger partial charge on any atom is -0.446 e. The van der Waals surface area contributed by atoms with Gasteiger partial charge in [-0.25, -0.2) is 0 Å². The van der Waals surface area contributed by atoms with Crippen LogP contribution >= 0.6 is 11.3 Å². The molecule has 0 amide bonds. The molecule has 1 aromatic carbocycles. The van der Waals surface area contributed by atoms with Gasteiger partial charge in [-0.15, -0.1) is 16.8 Å². The molecule has 1 atom stereocenters. The molecule has 0 bridgehead atoms. The summed E-state index contributed by atoms with van der Waals surface area (Å²) >= 11 is 1.78. The number of fused-ring (bicyclic) bond motifs is 1. The molecule has 0 fully saturated rings. The first kappa shape index (κ1) is 27.9. The Morgan fingerprint density at radius 3 is 2.49 bits per heavy atom. The molecule has 0 N–H and O–H groups in total. The number of alkyl halides is 1. The van der Waals surface area contributed by atoms with E-state index < -0.39 is 11.4 Å². The fourth-order valence-corrected chi connectivity index (χ4v) is 6.48. The predicted molar refractivity (Wildman–Crippen MR) is 162 cm³/mol. The number of allylic oxidation sites excluding steroid dienone is 9. The fraction of sp³-hybridized carbons (Fsp3) is 0.206. The van der Waals surface area contributed by atoms with E-state index in [1.54, 1.807) is 59.9 Å². The zero-order chi connectivity index (χ0) is 29.2. The van der Waals surface area contributed by atoms with Crippen LogP contribution in [0.1, 0.15) is 48.9 Å². The number of nitriles is 3. The van der Waals surface area contributed by atoms with Crippen LogP contribution in [0.3, 0.4) is 0 Å². The van der Waals surface area contributed by atoms with Crippen LogP contribution < -0.4 is 5.46 Å². The molecule has 7 heteroatoms. The smallest absolute Gasteiger partial charge is 0.302 e. The van der Waals surface area contributed by atoms with E-state index in [9.17, 15) is 15.8 Å². The molecule has 4 nitrogen and oxygen atoms in total. The van der Waals surface area contributed by atoms with Crippen molar-refractivity contribution in [3.63, 3.8) is 0 Å². The molecule has 3 aliphatic rings. The van der Waals surface area contributed by atoms with E-state index >= 15 is 4.39 Å². The lowest BCUT2D eigenvalue weighted by atomic mass is 9.68. The second kappa shape index (κ2) is 11.1. The van der Waals surface area contributed by atoms with Crippen LogP contribution in [0.4, 0.5) is 4.39 Å². The Balaban J connectivity index is 1.48. The topological polar surface area (TPSA) is 80.6 Å². The molecule has 1 unspecified atom stereocenters. The minimum atomic E-state index is -2.52. The lowest BCUT2D eigenvalue weighted by Crippen LogP contribution is -2.21. The molecule has 1 aliphatic carbocycles. The molecular weight excluding hydrogens is 528 g/mol. The van der Waals surface area contributed by atoms with Crippen LogP contribution in [0.5, 0.6) is 0 Å². The molecule has 0 saturated carbocycles. The van der Waals surface area contributed by atoms with Gasteiger partial charge in [0.1, 0.15) is 23.8 Å². The van der Waals surface area contributed by atoms with Crippen molar-refractivity contribution in [3.05, 3.63) is 121 Å². The Labute approximate surface area is 244 Å². The van der Waals surface area contributed by atoms with Gasteiger partial charge in [-0.2, -0.15) is 20.2 Å². The zero-order valence-corrected chi connectivity index (χ0v) is 23.8. The molecule has 41 heavy (non-hydrogen) atoms. The number of benzene rings is 1. The summed E-state index contributed by atoms with van der Waals surface area (Å²) in [7, 11) is 2.20. The quantitative estimate of drug-likeness (QED) is 0.281. The number of thiophene rings is 1. The van der Waals surface area contributed by atoms with Crippen molar-refractivity contribution in [2.75, 3.05) is 0 Å². The molecule has 3 heterocycles. The van der Waals surface area contributed by atoms with Crippen molar-refractivity contribution in [2.45, 2.75) is 39.5 Å². The van der Waals surface area contributed by atoms with Crippen molar-refractivity contribution in [1.82, 2.24) is 0 Å². The normalized spacial score (nSPS) is 22.1. The maximum absolute atomic E-state index is 16.5. The largest absolute Gasteiger partial charge is 0.446 e. The standard InChI is InChI=1S/C34H26BFN3OS/c1-22-14-31-30(35-22)16-27(41-31)13-12-24-15-23(17-33(2,3)18-24)8-7-11-29-28(21-39)32(25(19-37)20-38)40-34(29,36)26-9-5-4-6-10-26/h4-16H,17-18H2,1-3H3/b11-7+,13-12+,23-8-. The van der Waals surface area contributed by atoms with E-state index in [0.29, 0.717) is 0 Å². The van der Waals surface area contributed by atoms with Crippen molar-refractivity contribution in [1.29, 1.82) is 15.8 Å². The summed E-state index contributed by atoms with van der Waals surface area (Å²) in [6, 6.07) is 15.8. The Bertz CT molecular complexity index is 1750. The van der Waals surface area contributed by atoms with Gasteiger partial charge in [-0.3, -0.25) is 0 Å². The van der Waals surface area contributed by atoms with Crippen LogP contribution in [0.25, 0.3) is 12.2 Å². The van der Waals surface area contributed by atoms with Crippen molar-refractivity contribution in [2.24, 2.45) is 5.41 Å². The summed E-state index contributed by atoms with van der Waals surface area (Å²) < 4.78 is 22.1. The van der Waals surface area contributed by atoms with Gasteiger partial charge in [-0.05, 0) is 41.5 Å². The SMILES string of the molecule is CC1=Cc2sc(/C=C/C3=CC(=C/C=C/C4=C(C#N)C(=C(C#N)C#N)OC4(F)c4ccccc4)/CC(C)(C)C3)cc2[B]1. The van der Waals surface area contributed by atoms with Crippen LogP contribution in [0.2, 0.25) is 0 Å². The Hall–Kier alpha value is -4.64. The average molecular weight is 554 g/mol. The van der Waals surface area contributed by atoms with Gasteiger partial charge < -0.3 is 4.74 Å². The highest BCUT2D eigenvalue weighted by Crippen LogP contribution is 2.48. The summed E-state index contributed by atoms with van der Waals surface area (Å²) in [5.74, 6) is -2.86. The molecule has 1 aromatic heterocycles.